The summed E-state index contributed by atoms with van der Waals surface area (Å²) < 4.78 is 49.2. The first-order valence-electron chi connectivity index (χ1n) is 16.3. The molecule has 1 atom stereocenters. The maximum absolute atomic E-state index is 14.7. The molecule has 0 spiro atoms. The van der Waals surface area contributed by atoms with E-state index in [1.54, 1.807) is 48.5 Å². The minimum absolute atomic E-state index is 0.00215. The monoisotopic (exact) mass is 671 g/mol. The third-order valence-electron chi connectivity index (χ3n) is 8.70. The molecule has 4 aromatic carbocycles. The first-order chi connectivity index (χ1) is 23.2. The molecule has 4 aromatic rings. The van der Waals surface area contributed by atoms with E-state index in [0.29, 0.717) is 5.56 Å². The number of rotatable bonds is 13. The second-order valence-corrected chi connectivity index (χ2v) is 14.1. The van der Waals surface area contributed by atoms with Gasteiger partial charge in [0, 0.05) is 19.0 Å². The Labute approximate surface area is 282 Å². The summed E-state index contributed by atoms with van der Waals surface area (Å²) in [5.41, 5.74) is 2.40. The minimum atomic E-state index is -4.28. The van der Waals surface area contributed by atoms with Gasteiger partial charge in [0.1, 0.15) is 24.2 Å². The smallest absolute Gasteiger partial charge is 0.264 e. The molecule has 0 saturated heterocycles. The number of nitrogens with zero attached hydrogens (tertiary/aromatic N) is 2. The molecule has 2 amide bonds. The highest BCUT2D eigenvalue weighted by atomic mass is 32.2. The Kier molecular flexibility index (Phi) is 11.5. The zero-order valence-electron chi connectivity index (χ0n) is 27.3. The molecule has 252 valence electrons. The van der Waals surface area contributed by atoms with Gasteiger partial charge in [0.2, 0.25) is 11.8 Å². The number of hydrogen-bond acceptors (Lipinski definition) is 5. The molecule has 1 fully saturated rings. The first-order valence-corrected chi connectivity index (χ1v) is 17.7. The zero-order chi connectivity index (χ0) is 34.1. The summed E-state index contributed by atoms with van der Waals surface area (Å²) in [6.07, 6.45) is 5.04. The SMILES string of the molecule is COc1ccc(C)cc1N(CC(=O)N(Cc1ccc(F)cc1)[C@H](Cc1ccccc1)C(=O)NC1CCCCC1)S(=O)(=O)c1ccccc1. The number of carbonyl (C=O) groups excluding carboxylic acids is 2. The molecule has 0 radical (unpaired) electrons. The number of benzene rings is 4. The van der Waals surface area contributed by atoms with Crippen LogP contribution in [0.4, 0.5) is 10.1 Å². The number of aryl methyl sites for hydroxylation is 1. The van der Waals surface area contributed by atoms with Crippen molar-refractivity contribution >= 4 is 27.5 Å². The molecular weight excluding hydrogens is 629 g/mol. The number of hydrogen-bond donors (Lipinski definition) is 1. The van der Waals surface area contributed by atoms with Gasteiger partial charge >= 0.3 is 0 Å². The number of carbonyl (C=O) groups is 2. The molecule has 0 aliphatic heterocycles. The van der Waals surface area contributed by atoms with Crippen LogP contribution in [0.25, 0.3) is 0 Å². The van der Waals surface area contributed by atoms with Crippen LogP contribution in [0.1, 0.15) is 48.8 Å². The van der Waals surface area contributed by atoms with Crippen LogP contribution in [0.2, 0.25) is 0 Å². The maximum atomic E-state index is 14.7. The lowest BCUT2D eigenvalue weighted by molar-refractivity contribution is -0.140. The van der Waals surface area contributed by atoms with Crippen molar-refractivity contribution in [2.45, 2.75) is 69.0 Å². The van der Waals surface area contributed by atoms with Gasteiger partial charge in [0.15, 0.2) is 0 Å². The van der Waals surface area contributed by atoms with Crippen molar-refractivity contribution in [2.75, 3.05) is 18.0 Å². The van der Waals surface area contributed by atoms with Crippen LogP contribution in [-0.2, 0) is 32.6 Å². The summed E-state index contributed by atoms with van der Waals surface area (Å²) >= 11 is 0. The van der Waals surface area contributed by atoms with Crippen molar-refractivity contribution in [3.05, 3.63) is 126 Å². The fourth-order valence-corrected chi connectivity index (χ4v) is 7.55. The highest BCUT2D eigenvalue weighted by molar-refractivity contribution is 7.92. The standard InChI is InChI=1S/C38H42FN3O5S/c1-28-18-23-36(47-2)34(24-28)42(48(45,46)33-16-10-5-11-17-33)27-37(43)41(26-30-19-21-31(39)22-20-30)35(25-29-12-6-3-7-13-29)38(44)40-32-14-8-4-9-15-32/h3,5-7,10-13,16-24,32,35H,4,8-9,14-15,25-27H2,1-2H3,(H,40,44)/t35-/m1/s1. The Hall–Kier alpha value is -4.70. The lowest BCUT2D eigenvalue weighted by atomic mass is 9.94. The quantitative estimate of drug-likeness (QED) is 0.177. The summed E-state index contributed by atoms with van der Waals surface area (Å²) in [5.74, 6) is -1.07. The second kappa shape index (κ2) is 15.9. The first kappa shape index (κ1) is 34.6. The maximum Gasteiger partial charge on any atom is 0.264 e. The van der Waals surface area contributed by atoms with Crippen LogP contribution < -0.4 is 14.4 Å². The van der Waals surface area contributed by atoms with Gasteiger partial charge in [0.25, 0.3) is 10.0 Å². The van der Waals surface area contributed by atoms with Crippen molar-refractivity contribution < 1.29 is 27.1 Å². The fourth-order valence-electron chi connectivity index (χ4n) is 6.11. The van der Waals surface area contributed by atoms with Crippen LogP contribution in [0.3, 0.4) is 0 Å². The Morgan fingerprint density at radius 2 is 1.52 bits per heavy atom. The van der Waals surface area contributed by atoms with Gasteiger partial charge in [-0.1, -0.05) is 86.0 Å². The predicted molar refractivity (Wildman–Crippen MR) is 185 cm³/mol. The molecule has 8 nitrogen and oxygen atoms in total. The molecule has 0 unspecified atom stereocenters. The van der Waals surface area contributed by atoms with Crippen LogP contribution in [0, 0.1) is 12.7 Å². The van der Waals surface area contributed by atoms with E-state index in [9.17, 15) is 22.4 Å². The molecule has 1 aliphatic carbocycles. The Bertz CT molecular complexity index is 1780. The van der Waals surface area contributed by atoms with Crippen molar-refractivity contribution in [1.29, 1.82) is 0 Å². The van der Waals surface area contributed by atoms with Gasteiger partial charge in [-0.25, -0.2) is 12.8 Å². The number of anilines is 1. The third-order valence-corrected chi connectivity index (χ3v) is 10.5. The molecule has 5 rings (SSSR count). The second-order valence-electron chi connectivity index (χ2n) is 12.2. The highest BCUT2D eigenvalue weighted by Gasteiger charge is 2.36. The van der Waals surface area contributed by atoms with Crippen molar-refractivity contribution in [3.8, 4) is 5.75 Å². The van der Waals surface area contributed by atoms with Crippen LogP contribution in [0.5, 0.6) is 5.75 Å². The highest BCUT2D eigenvalue weighted by Crippen LogP contribution is 2.34. The molecule has 0 bridgehead atoms. The van der Waals surface area contributed by atoms with Crippen molar-refractivity contribution in [2.24, 2.45) is 0 Å². The van der Waals surface area contributed by atoms with E-state index >= 15 is 0 Å². The van der Waals surface area contributed by atoms with E-state index in [2.05, 4.69) is 5.32 Å². The van der Waals surface area contributed by atoms with Crippen molar-refractivity contribution in [3.63, 3.8) is 0 Å². The number of nitrogens with one attached hydrogen (secondary N) is 1. The summed E-state index contributed by atoms with van der Waals surface area (Å²) in [5, 5.41) is 3.19. The molecule has 1 N–H and O–H groups in total. The number of sulfonamides is 1. The Balaban J connectivity index is 1.59. The number of ether oxygens (including phenoxy) is 1. The molecule has 0 aromatic heterocycles. The normalized spacial score (nSPS) is 14.1. The minimum Gasteiger partial charge on any atom is -0.495 e. The molecular formula is C38H42FN3O5S. The fraction of sp³-hybridized carbons (Fsp3) is 0.316. The summed E-state index contributed by atoms with van der Waals surface area (Å²) in [7, 11) is -2.84. The average molecular weight is 672 g/mol. The lowest BCUT2D eigenvalue weighted by Gasteiger charge is -2.35. The summed E-state index contributed by atoms with van der Waals surface area (Å²) in [6.45, 7) is 1.17. The number of amides is 2. The Morgan fingerprint density at radius 3 is 2.17 bits per heavy atom. The van der Waals surface area contributed by atoms with Crippen LogP contribution in [-0.4, -0.2) is 50.9 Å². The molecule has 48 heavy (non-hydrogen) atoms. The van der Waals surface area contributed by atoms with Gasteiger partial charge in [-0.3, -0.25) is 13.9 Å². The van der Waals surface area contributed by atoms with E-state index < -0.39 is 34.3 Å². The number of halogens is 1. The van der Waals surface area contributed by atoms with Gasteiger partial charge < -0.3 is 15.0 Å². The largest absolute Gasteiger partial charge is 0.495 e. The summed E-state index contributed by atoms with van der Waals surface area (Å²) in [4.78, 5) is 30.3. The van der Waals surface area contributed by atoms with Crippen LogP contribution in [0.15, 0.2) is 108 Å². The van der Waals surface area contributed by atoms with E-state index in [-0.39, 0.29) is 41.2 Å². The molecule has 10 heteroatoms. The van der Waals surface area contributed by atoms with E-state index in [1.165, 1.54) is 36.3 Å². The third kappa shape index (κ3) is 8.60. The van der Waals surface area contributed by atoms with Gasteiger partial charge in [-0.15, -0.1) is 0 Å². The van der Waals surface area contributed by atoms with Gasteiger partial charge in [-0.05, 0) is 72.9 Å². The van der Waals surface area contributed by atoms with E-state index in [0.717, 1.165) is 47.5 Å². The van der Waals surface area contributed by atoms with Gasteiger partial charge in [-0.2, -0.15) is 0 Å². The topological polar surface area (TPSA) is 96.0 Å². The predicted octanol–water partition coefficient (Wildman–Crippen LogP) is 6.43. The Morgan fingerprint density at radius 1 is 0.875 bits per heavy atom. The van der Waals surface area contributed by atoms with Gasteiger partial charge in [0.05, 0.1) is 17.7 Å². The van der Waals surface area contributed by atoms with E-state index in [1.807, 2.05) is 37.3 Å². The molecule has 0 heterocycles. The van der Waals surface area contributed by atoms with Crippen molar-refractivity contribution in [1.82, 2.24) is 10.2 Å². The zero-order valence-corrected chi connectivity index (χ0v) is 28.2. The van der Waals surface area contributed by atoms with Crippen LogP contribution >= 0.6 is 0 Å². The average Bonchev–Trinajstić information content (AvgIpc) is 3.10. The molecule has 1 saturated carbocycles. The number of methoxy groups -OCH3 is 1. The summed E-state index contributed by atoms with van der Waals surface area (Å²) in [6, 6.07) is 27.2. The lowest BCUT2D eigenvalue weighted by Crippen LogP contribution is -2.55. The van der Waals surface area contributed by atoms with E-state index in [4.69, 9.17) is 4.74 Å². The molecule has 1 aliphatic rings.